The van der Waals surface area contributed by atoms with E-state index in [0.29, 0.717) is 10.0 Å². The molecule has 0 bridgehead atoms. The van der Waals surface area contributed by atoms with Gasteiger partial charge in [0, 0.05) is 16.9 Å². The topological polar surface area (TPSA) is 15.3 Å². The Labute approximate surface area is 139 Å². The summed E-state index contributed by atoms with van der Waals surface area (Å²) >= 11 is 17.9. The highest BCUT2D eigenvalue weighted by Gasteiger charge is 2.36. The molecule has 1 aliphatic rings. The molecule has 3 rings (SSSR count). The molecule has 2 aromatic carbocycles. The standard InChI is InChI=1S/C16H14Cl2N2S/c1-16(2)19-14-6-4-3-5-11(14)15(21)20(16)10-7-8-12(17)13(18)9-10/h3-9,19H,1-2H3. The second-order valence-electron chi connectivity index (χ2n) is 5.47. The van der Waals surface area contributed by atoms with Gasteiger partial charge in [0.05, 0.1) is 10.0 Å². The lowest BCUT2D eigenvalue weighted by molar-refractivity contribution is 0.585. The van der Waals surface area contributed by atoms with Gasteiger partial charge in [0.15, 0.2) is 0 Å². The molecule has 0 atom stereocenters. The highest BCUT2D eigenvalue weighted by atomic mass is 35.5. The van der Waals surface area contributed by atoms with Crippen molar-refractivity contribution in [2.75, 3.05) is 10.2 Å². The van der Waals surface area contributed by atoms with Gasteiger partial charge in [0.25, 0.3) is 0 Å². The Morgan fingerprint density at radius 3 is 2.48 bits per heavy atom. The number of anilines is 2. The Hall–Kier alpha value is -1.29. The molecule has 0 aromatic heterocycles. The first-order valence-electron chi connectivity index (χ1n) is 6.57. The Morgan fingerprint density at radius 2 is 1.76 bits per heavy atom. The predicted octanol–water partition coefficient (Wildman–Crippen LogP) is 5.34. The van der Waals surface area contributed by atoms with E-state index < -0.39 is 0 Å². The van der Waals surface area contributed by atoms with E-state index in [9.17, 15) is 0 Å². The minimum absolute atomic E-state index is 0.359. The van der Waals surface area contributed by atoms with E-state index in [0.717, 1.165) is 21.9 Å². The van der Waals surface area contributed by atoms with Crippen LogP contribution in [-0.4, -0.2) is 10.7 Å². The molecule has 108 valence electrons. The smallest absolute Gasteiger partial charge is 0.117 e. The molecular weight excluding hydrogens is 323 g/mol. The van der Waals surface area contributed by atoms with Crippen molar-refractivity contribution in [3.8, 4) is 0 Å². The van der Waals surface area contributed by atoms with Crippen LogP contribution in [0.4, 0.5) is 11.4 Å². The maximum atomic E-state index is 6.15. The number of thiocarbonyl (C=S) groups is 1. The zero-order valence-electron chi connectivity index (χ0n) is 11.7. The second-order valence-corrected chi connectivity index (χ2v) is 6.67. The lowest BCUT2D eigenvalue weighted by atomic mass is 10.0. The van der Waals surface area contributed by atoms with Crippen LogP contribution in [0, 0.1) is 0 Å². The van der Waals surface area contributed by atoms with Crippen LogP contribution in [0.3, 0.4) is 0 Å². The number of para-hydroxylation sites is 1. The van der Waals surface area contributed by atoms with Gasteiger partial charge in [0.2, 0.25) is 0 Å². The number of hydrogen-bond acceptors (Lipinski definition) is 2. The maximum Gasteiger partial charge on any atom is 0.117 e. The van der Waals surface area contributed by atoms with Crippen LogP contribution in [-0.2, 0) is 0 Å². The average molecular weight is 337 g/mol. The summed E-state index contributed by atoms with van der Waals surface area (Å²) in [5.41, 5.74) is 2.62. The number of fused-ring (bicyclic) bond motifs is 1. The van der Waals surface area contributed by atoms with Gasteiger partial charge in [-0.15, -0.1) is 0 Å². The van der Waals surface area contributed by atoms with E-state index in [4.69, 9.17) is 35.4 Å². The van der Waals surface area contributed by atoms with Crippen molar-refractivity contribution in [2.24, 2.45) is 0 Å². The lowest BCUT2D eigenvalue weighted by Gasteiger charge is -2.46. The van der Waals surface area contributed by atoms with Crippen molar-refractivity contribution in [1.82, 2.24) is 0 Å². The van der Waals surface area contributed by atoms with E-state index in [-0.39, 0.29) is 5.66 Å². The van der Waals surface area contributed by atoms with Gasteiger partial charge in [-0.25, -0.2) is 0 Å². The van der Waals surface area contributed by atoms with Crippen LogP contribution < -0.4 is 10.2 Å². The summed E-state index contributed by atoms with van der Waals surface area (Å²) < 4.78 is 0. The first-order valence-corrected chi connectivity index (χ1v) is 7.73. The SMILES string of the molecule is CC1(C)Nc2ccccc2C(=S)N1c1ccc(Cl)c(Cl)c1. The molecule has 5 heteroatoms. The van der Waals surface area contributed by atoms with Crippen molar-refractivity contribution in [2.45, 2.75) is 19.5 Å². The van der Waals surface area contributed by atoms with Gasteiger partial charge in [-0.1, -0.05) is 47.6 Å². The summed E-state index contributed by atoms with van der Waals surface area (Å²) in [7, 11) is 0. The molecule has 0 saturated carbocycles. The highest BCUT2D eigenvalue weighted by molar-refractivity contribution is 7.81. The van der Waals surface area contributed by atoms with Gasteiger partial charge in [-0.2, -0.15) is 0 Å². The molecule has 0 aliphatic carbocycles. The Balaban J connectivity index is 2.13. The summed E-state index contributed by atoms with van der Waals surface area (Å²) in [6.45, 7) is 4.16. The van der Waals surface area contributed by atoms with Crippen LogP contribution >= 0.6 is 35.4 Å². The van der Waals surface area contributed by atoms with Gasteiger partial charge >= 0.3 is 0 Å². The zero-order valence-corrected chi connectivity index (χ0v) is 14.0. The van der Waals surface area contributed by atoms with Crippen LogP contribution in [0.15, 0.2) is 42.5 Å². The normalized spacial score (nSPS) is 16.4. The third-order valence-corrected chi connectivity index (χ3v) is 4.66. The third-order valence-electron chi connectivity index (χ3n) is 3.52. The number of hydrogen-bond donors (Lipinski definition) is 1. The molecule has 0 fully saturated rings. The van der Waals surface area contributed by atoms with Crippen LogP contribution in [0.1, 0.15) is 19.4 Å². The Kier molecular flexibility index (Phi) is 3.60. The molecular formula is C16H14Cl2N2S. The van der Waals surface area contributed by atoms with Crippen molar-refractivity contribution in [3.05, 3.63) is 58.1 Å². The van der Waals surface area contributed by atoms with E-state index in [1.807, 2.05) is 36.4 Å². The van der Waals surface area contributed by atoms with Crippen molar-refractivity contribution >= 4 is 51.8 Å². The van der Waals surface area contributed by atoms with E-state index >= 15 is 0 Å². The second kappa shape index (κ2) is 5.16. The number of benzene rings is 2. The molecule has 1 N–H and O–H groups in total. The molecule has 0 saturated heterocycles. The van der Waals surface area contributed by atoms with Gasteiger partial charge < -0.3 is 10.2 Å². The van der Waals surface area contributed by atoms with Crippen molar-refractivity contribution in [3.63, 3.8) is 0 Å². The average Bonchev–Trinajstić information content (AvgIpc) is 2.42. The van der Waals surface area contributed by atoms with E-state index in [1.165, 1.54) is 0 Å². The first-order chi connectivity index (χ1) is 9.90. The minimum atomic E-state index is -0.359. The molecule has 2 aromatic rings. The predicted molar refractivity (Wildman–Crippen MR) is 94.8 cm³/mol. The summed E-state index contributed by atoms with van der Waals surface area (Å²) in [5.74, 6) is 0. The largest absolute Gasteiger partial charge is 0.362 e. The molecule has 2 nitrogen and oxygen atoms in total. The fourth-order valence-corrected chi connectivity index (χ4v) is 3.41. The fourth-order valence-electron chi connectivity index (χ4n) is 2.60. The molecule has 1 heterocycles. The van der Waals surface area contributed by atoms with Crippen LogP contribution in [0.2, 0.25) is 10.0 Å². The monoisotopic (exact) mass is 336 g/mol. The molecule has 0 amide bonds. The van der Waals surface area contributed by atoms with Gasteiger partial charge in [-0.05, 0) is 44.2 Å². The number of rotatable bonds is 1. The number of nitrogens with zero attached hydrogens (tertiary/aromatic N) is 1. The highest BCUT2D eigenvalue weighted by Crippen LogP contribution is 2.37. The van der Waals surface area contributed by atoms with Crippen molar-refractivity contribution in [1.29, 1.82) is 0 Å². The summed E-state index contributed by atoms with van der Waals surface area (Å²) in [5, 5.41) is 4.57. The van der Waals surface area contributed by atoms with Crippen molar-refractivity contribution < 1.29 is 0 Å². The van der Waals surface area contributed by atoms with Crippen LogP contribution in [0.5, 0.6) is 0 Å². The fraction of sp³-hybridized carbons (Fsp3) is 0.188. The molecule has 0 radical (unpaired) electrons. The Bertz CT molecular complexity index is 728. The minimum Gasteiger partial charge on any atom is -0.362 e. The van der Waals surface area contributed by atoms with Gasteiger partial charge in [0.1, 0.15) is 10.7 Å². The quantitative estimate of drug-likeness (QED) is 0.708. The molecule has 21 heavy (non-hydrogen) atoms. The maximum absolute atomic E-state index is 6.15. The number of nitrogens with one attached hydrogen (secondary N) is 1. The van der Waals surface area contributed by atoms with Crippen LogP contribution in [0.25, 0.3) is 0 Å². The third kappa shape index (κ3) is 2.50. The zero-order chi connectivity index (χ0) is 15.2. The Morgan fingerprint density at radius 1 is 1.05 bits per heavy atom. The van der Waals surface area contributed by atoms with E-state index in [2.05, 4.69) is 24.1 Å². The molecule has 0 unspecified atom stereocenters. The summed E-state index contributed by atoms with van der Waals surface area (Å²) in [6.07, 6.45) is 0. The first kappa shape index (κ1) is 14.6. The molecule has 1 aliphatic heterocycles. The van der Waals surface area contributed by atoms with Gasteiger partial charge in [-0.3, -0.25) is 0 Å². The lowest BCUT2D eigenvalue weighted by Crippen LogP contribution is -2.56. The number of halogens is 2. The van der Waals surface area contributed by atoms with E-state index in [1.54, 1.807) is 6.07 Å². The summed E-state index contributed by atoms with van der Waals surface area (Å²) in [6, 6.07) is 13.6. The molecule has 0 spiro atoms. The summed E-state index contributed by atoms with van der Waals surface area (Å²) in [4.78, 5) is 2.83.